The monoisotopic (exact) mass is 760 g/mol. The van der Waals surface area contributed by atoms with E-state index in [1.807, 2.05) is 44.4 Å². The molecule has 3 aromatic heterocycles. The zero-order chi connectivity index (χ0) is 40.9. The molecule has 3 aromatic rings. The summed E-state index contributed by atoms with van der Waals surface area (Å²) < 4.78 is 11.1. The number of ether oxygens (including phenoxy) is 1. The number of nitrogens with one attached hydrogen (secondary N) is 1. The van der Waals surface area contributed by atoms with Gasteiger partial charge in [0.2, 0.25) is 17.7 Å². The minimum absolute atomic E-state index is 0. The standard InChI is InChI=1S/C24H26N4O5.C10H12N2O.C2H2.CH5NO.CO2.CH4/c1-14-19(29)9-17(21(14)15-5-3-7-25-11-15)23(31)27-13-33-24(32)18-10-20(30)28(2)22(18)16-6-4-8-26-12-16;1-12-9(4-5-10(12)13)8-3-2-6-11-7-8;1-2;2*2-1-3;/h3-8,11-12,14,17-18,21-22H,9-10,13H2,1-2H3,(H,27,31);2-3,6-7,9H,4-5H2,1H3;1-2H;3H,1-2H2;;1H4/t14-,17?,18?,21?,22?;;;;;/m1...../s1/i;;1D;;;. The fourth-order valence-corrected chi connectivity index (χ4v) is 6.70. The Balaban J connectivity index is 0.000000561. The van der Waals surface area contributed by atoms with Crippen LogP contribution in [0.3, 0.4) is 0 Å². The van der Waals surface area contributed by atoms with Crippen molar-refractivity contribution in [3.8, 4) is 12.8 Å². The predicted molar refractivity (Wildman–Crippen MR) is 198 cm³/mol. The Morgan fingerprint density at radius 2 is 1.45 bits per heavy atom. The fraction of sp³-hybridized carbons (Fsp3) is 0.410. The van der Waals surface area contributed by atoms with Gasteiger partial charge in [0.15, 0.2) is 6.73 Å². The van der Waals surface area contributed by atoms with Gasteiger partial charge in [-0.25, -0.2) is 0 Å². The summed E-state index contributed by atoms with van der Waals surface area (Å²) in [6, 6.07) is 10.9. The molecule has 1 aliphatic carbocycles. The van der Waals surface area contributed by atoms with Crippen molar-refractivity contribution < 1.29 is 44.8 Å². The van der Waals surface area contributed by atoms with Crippen molar-refractivity contribution in [2.75, 3.05) is 27.6 Å². The Labute approximate surface area is 322 Å². The third kappa shape index (κ3) is 12.7. The molecule has 55 heavy (non-hydrogen) atoms. The lowest BCUT2D eigenvalue weighted by Gasteiger charge is -2.24. The number of ketones is 1. The SMILES string of the molecule is C.CN1C(=O)CCC1c1cccnc1.C[C@@H]1C(=O)CC(C(=O)NCOC(=O)C2CC(=O)N(C)C2c2cccnc2)C1c1cccnc1.NCO.O=C=O.[2H]C#C. The van der Waals surface area contributed by atoms with Gasteiger partial charge in [0.05, 0.1) is 30.7 Å². The molecule has 0 spiro atoms. The first kappa shape index (κ1) is 45.0. The predicted octanol–water partition coefficient (Wildman–Crippen LogP) is 2.19. The third-order valence-electron chi connectivity index (χ3n) is 9.24. The Kier molecular flexibility index (Phi) is 19.8. The van der Waals surface area contributed by atoms with Crippen LogP contribution in [0.5, 0.6) is 0 Å². The molecule has 2 aliphatic heterocycles. The second-order valence-corrected chi connectivity index (χ2v) is 12.2. The summed E-state index contributed by atoms with van der Waals surface area (Å²) in [4.78, 5) is 93.3. The molecule has 16 heteroatoms. The number of likely N-dealkylation sites (tertiary alicyclic amines) is 2. The van der Waals surface area contributed by atoms with Crippen LogP contribution in [-0.4, -0.2) is 93.0 Å². The normalized spacial score (nSPS) is 22.1. The van der Waals surface area contributed by atoms with Gasteiger partial charge >= 0.3 is 12.1 Å². The second-order valence-electron chi connectivity index (χ2n) is 12.2. The topological polar surface area (TPSA) is 232 Å². The number of aliphatic hydroxyl groups excluding tert-OH is 1. The van der Waals surface area contributed by atoms with Crippen LogP contribution in [0.2, 0.25) is 0 Å². The first-order valence-corrected chi connectivity index (χ1v) is 16.8. The zero-order valence-electron chi connectivity index (χ0n) is 31.2. The summed E-state index contributed by atoms with van der Waals surface area (Å²) >= 11 is 0. The molecule has 0 aromatic carbocycles. The number of aromatic nitrogens is 3. The lowest BCUT2D eigenvalue weighted by molar-refractivity contribution is -0.191. The van der Waals surface area contributed by atoms with Gasteiger partial charge in [-0.1, -0.05) is 32.5 Å². The number of nitrogens with two attached hydrogens (primary N) is 1. The highest BCUT2D eigenvalue weighted by atomic mass is 16.5. The van der Waals surface area contributed by atoms with Crippen LogP contribution in [0.1, 0.15) is 76.1 Å². The van der Waals surface area contributed by atoms with E-state index in [1.54, 1.807) is 55.1 Å². The van der Waals surface area contributed by atoms with Crippen molar-refractivity contribution >= 4 is 35.6 Å². The maximum atomic E-state index is 12.9. The van der Waals surface area contributed by atoms with Gasteiger partial charge in [0.25, 0.3) is 0 Å². The van der Waals surface area contributed by atoms with Crippen molar-refractivity contribution in [1.29, 1.82) is 0 Å². The largest absolute Gasteiger partial charge is 0.444 e. The molecule has 0 radical (unpaired) electrons. The summed E-state index contributed by atoms with van der Waals surface area (Å²) in [6.45, 7) is 1.24. The average molecular weight is 761 g/mol. The van der Waals surface area contributed by atoms with E-state index in [1.165, 1.54) is 11.3 Å². The molecule has 5 heterocycles. The van der Waals surface area contributed by atoms with Gasteiger partial charge in [0, 0.05) is 82.4 Å². The molecular formula is C39H49N7O9. The quantitative estimate of drug-likeness (QED) is 0.178. The van der Waals surface area contributed by atoms with Crippen molar-refractivity contribution in [2.45, 2.75) is 58.0 Å². The maximum absolute atomic E-state index is 12.9. The fourth-order valence-electron chi connectivity index (χ4n) is 6.70. The smallest absolute Gasteiger partial charge is 0.373 e. The zero-order valence-corrected chi connectivity index (χ0v) is 30.2. The van der Waals surface area contributed by atoms with E-state index in [4.69, 9.17) is 20.8 Å². The van der Waals surface area contributed by atoms with Crippen molar-refractivity contribution in [3.05, 3.63) is 90.3 Å². The van der Waals surface area contributed by atoms with Crippen molar-refractivity contribution in [2.24, 2.45) is 23.5 Å². The Morgan fingerprint density at radius 3 is 1.93 bits per heavy atom. The molecule has 294 valence electrons. The maximum Gasteiger partial charge on any atom is 0.373 e. The molecule has 3 aliphatic rings. The van der Waals surface area contributed by atoms with Gasteiger partial charge < -0.3 is 30.7 Å². The summed E-state index contributed by atoms with van der Waals surface area (Å²) in [5.41, 5.74) is 7.12. The molecule has 3 amide bonds. The van der Waals surface area contributed by atoms with Crippen LogP contribution < -0.4 is 11.1 Å². The molecule has 1 saturated carbocycles. The third-order valence-corrected chi connectivity index (χ3v) is 9.24. The molecule has 6 rings (SSSR count). The number of aliphatic hydroxyl groups is 1. The van der Waals surface area contributed by atoms with Crippen LogP contribution in [-0.2, 0) is 38.3 Å². The first-order valence-electron chi connectivity index (χ1n) is 17.3. The minimum atomic E-state index is -0.695. The van der Waals surface area contributed by atoms with Crippen LogP contribution in [0.15, 0.2) is 73.6 Å². The molecule has 4 N–H and O–H groups in total. The van der Waals surface area contributed by atoms with Gasteiger partial charge in [-0.15, -0.1) is 12.8 Å². The van der Waals surface area contributed by atoms with E-state index in [9.17, 15) is 24.0 Å². The summed E-state index contributed by atoms with van der Waals surface area (Å²) in [6.07, 6.45) is 17.9. The molecule has 0 bridgehead atoms. The number of esters is 1. The number of rotatable bonds is 7. The number of amides is 3. The molecule has 16 nitrogen and oxygen atoms in total. The summed E-state index contributed by atoms with van der Waals surface area (Å²) in [5.74, 6) is -2.66. The molecular weight excluding hydrogens is 710 g/mol. The van der Waals surface area contributed by atoms with Gasteiger partial charge in [-0.3, -0.25) is 38.9 Å². The van der Waals surface area contributed by atoms with Crippen LogP contribution >= 0.6 is 0 Å². The van der Waals surface area contributed by atoms with E-state index in [0.29, 0.717) is 6.42 Å². The molecule has 6 atom stereocenters. The first-order chi connectivity index (χ1) is 26.4. The van der Waals surface area contributed by atoms with E-state index in [2.05, 4.69) is 32.4 Å². The lowest BCUT2D eigenvalue weighted by atomic mass is 9.84. The Bertz CT molecular complexity index is 1690. The number of hydrogen-bond acceptors (Lipinski definition) is 13. The highest BCUT2D eigenvalue weighted by molar-refractivity contribution is 5.93. The van der Waals surface area contributed by atoms with E-state index in [-0.39, 0.29) is 81.3 Å². The lowest BCUT2D eigenvalue weighted by Crippen LogP contribution is -2.36. The molecule has 5 unspecified atom stereocenters. The van der Waals surface area contributed by atoms with Gasteiger partial charge in [-0.05, 0) is 41.3 Å². The molecule has 2 saturated heterocycles. The van der Waals surface area contributed by atoms with Gasteiger partial charge in [-0.2, -0.15) is 9.59 Å². The highest BCUT2D eigenvalue weighted by Crippen LogP contribution is 2.42. The number of carbonyl (C=O) groups is 5. The van der Waals surface area contributed by atoms with Crippen molar-refractivity contribution in [1.82, 2.24) is 30.1 Å². The van der Waals surface area contributed by atoms with E-state index >= 15 is 0 Å². The number of Topliss-reactive ketones (excluding diaryl/α,β-unsaturated/α-hetero) is 1. The Morgan fingerprint density at radius 1 is 0.945 bits per heavy atom. The number of nitrogens with zero attached hydrogens (tertiary/aromatic N) is 5. The summed E-state index contributed by atoms with van der Waals surface area (Å²) in [7, 11) is 3.50. The van der Waals surface area contributed by atoms with Crippen LogP contribution in [0.4, 0.5) is 0 Å². The number of carbonyl (C=O) groups excluding carboxylic acids is 7. The van der Waals surface area contributed by atoms with E-state index in [0.717, 1.165) is 23.1 Å². The minimum Gasteiger partial charge on any atom is -0.444 e. The number of terminal acetylenes is 1. The summed E-state index contributed by atoms with van der Waals surface area (Å²) in [5, 5.41) is 9.98. The average Bonchev–Trinajstić information content (AvgIpc) is 3.80. The Hall–Kier alpha value is -6.14. The second kappa shape index (κ2) is 24.2. The highest BCUT2D eigenvalue weighted by Gasteiger charge is 2.45. The van der Waals surface area contributed by atoms with E-state index < -0.39 is 23.8 Å². The van der Waals surface area contributed by atoms with Gasteiger partial charge in [0.1, 0.15) is 7.15 Å². The number of hydrogen-bond donors (Lipinski definition) is 3. The van der Waals surface area contributed by atoms with Crippen molar-refractivity contribution in [3.63, 3.8) is 0 Å². The molecule has 3 fully saturated rings. The van der Waals surface area contributed by atoms with Crippen LogP contribution in [0, 0.1) is 30.6 Å². The van der Waals surface area contributed by atoms with Crippen LogP contribution in [0.25, 0.3) is 0 Å². The number of pyridine rings is 3.